The summed E-state index contributed by atoms with van der Waals surface area (Å²) in [5.74, 6) is 0. The third kappa shape index (κ3) is 1.79. The first kappa shape index (κ1) is 6.75. The van der Waals surface area contributed by atoms with Crippen LogP contribution in [0.1, 0.15) is 13.8 Å². The lowest BCUT2D eigenvalue weighted by Gasteiger charge is -2.11. The van der Waals surface area contributed by atoms with Gasteiger partial charge in [-0.1, -0.05) is 0 Å². The van der Waals surface area contributed by atoms with E-state index in [2.05, 4.69) is 18.4 Å². The number of morpholine rings is 1. The topological polar surface area (TPSA) is 12.2 Å². The number of ether oxygens (including phenoxy) is 1. The molecule has 2 nitrogen and oxygen atoms in total. The molecule has 2 heteroatoms. The van der Waals surface area contributed by atoms with Crippen molar-refractivity contribution in [2.45, 2.75) is 13.8 Å². The molecule has 0 unspecified atom stereocenters. The van der Waals surface area contributed by atoms with Crippen LogP contribution in [0, 0.1) is 0 Å². The van der Waals surface area contributed by atoms with Gasteiger partial charge >= 0.3 is 0 Å². The van der Waals surface area contributed by atoms with Crippen LogP contribution in [0.15, 0.2) is 0 Å². The first-order valence-electron chi connectivity index (χ1n) is 3.43. The SMILES string of the molecule is CC(C)=[N+]1CCOCC1. The lowest BCUT2D eigenvalue weighted by Crippen LogP contribution is -2.31. The quantitative estimate of drug-likeness (QED) is 0.433. The standard InChI is InChI=1S/C7H14NO/c1-7(2)8-3-5-9-6-4-8/h3-6H2,1-2H3/q+1. The van der Waals surface area contributed by atoms with E-state index in [1.807, 2.05) is 0 Å². The molecule has 1 saturated heterocycles. The van der Waals surface area contributed by atoms with E-state index in [1.54, 1.807) is 0 Å². The van der Waals surface area contributed by atoms with E-state index >= 15 is 0 Å². The lowest BCUT2D eigenvalue weighted by molar-refractivity contribution is -0.550. The second kappa shape index (κ2) is 2.97. The van der Waals surface area contributed by atoms with E-state index < -0.39 is 0 Å². The molecular weight excluding hydrogens is 114 g/mol. The van der Waals surface area contributed by atoms with Crippen molar-refractivity contribution in [2.24, 2.45) is 0 Å². The fourth-order valence-electron chi connectivity index (χ4n) is 1.01. The predicted octanol–water partition coefficient (Wildman–Crippen LogP) is 0.510. The molecule has 9 heavy (non-hydrogen) atoms. The van der Waals surface area contributed by atoms with Gasteiger partial charge in [0.15, 0.2) is 13.1 Å². The minimum Gasteiger partial charge on any atom is -0.368 e. The molecule has 0 aliphatic carbocycles. The molecule has 0 radical (unpaired) electrons. The van der Waals surface area contributed by atoms with Crippen LogP contribution in [0.4, 0.5) is 0 Å². The van der Waals surface area contributed by atoms with Gasteiger partial charge in [-0.15, -0.1) is 0 Å². The third-order valence-corrected chi connectivity index (χ3v) is 1.64. The molecule has 0 aromatic carbocycles. The van der Waals surface area contributed by atoms with Crippen LogP contribution < -0.4 is 0 Å². The Hall–Kier alpha value is -0.370. The Balaban J connectivity index is 2.49. The zero-order valence-corrected chi connectivity index (χ0v) is 6.18. The highest BCUT2D eigenvalue weighted by atomic mass is 16.5. The molecule has 0 N–H and O–H groups in total. The first-order valence-corrected chi connectivity index (χ1v) is 3.43. The molecule has 0 atom stereocenters. The van der Waals surface area contributed by atoms with Gasteiger partial charge in [0, 0.05) is 13.8 Å². The Morgan fingerprint density at radius 1 is 1.22 bits per heavy atom. The number of nitrogens with zero attached hydrogens (tertiary/aromatic N) is 1. The summed E-state index contributed by atoms with van der Waals surface area (Å²) in [5, 5.41) is 0. The molecule has 52 valence electrons. The molecule has 1 heterocycles. The van der Waals surface area contributed by atoms with Gasteiger partial charge in [-0.2, -0.15) is 0 Å². The maximum atomic E-state index is 5.19. The summed E-state index contributed by atoms with van der Waals surface area (Å²) in [6.07, 6.45) is 0. The Morgan fingerprint density at radius 2 is 1.78 bits per heavy atom. The molecule has 0 aromatic rings. The average molecular weight is 128 g/mol. The normalized spacial score (nSPS) is 20.0. The predicted molar refractivity (Wildman–Crippen MR) is 37.2 cm³/mol. The van der Waals surface area contributed by atoms with Gasteiger partial charge in [-0.25, -0.2) is 4.58 Å². The summed E-state index contributed by atoms with van der Waals surface area (Å²) in [4.78, 5) is 0. The molecule has 0 spiro atoms. The van der Waals surface area contributed by atoms with Gasteiger partial charge in [0.05, 0.1) is 0 Å². The molecule has 0 amide bonds. The van der Waals surface area contributed by atoms with Gasteiger partial charge in [0.25, 0.3) is 0 Å². The molecule has 0 saturated carbocycles. The van der Waals surface area contributed by atoms with Gasteiger partial charge in [-0.05, 0) is 0 Å². The zero-order valence-electron chi connectivity index (χ0n) is 6.18. The number of hydrogen-bond donors (Lipinski definition) is 0. The summed E-state index contributed by atoms with van der Waals surface area (Å²) in [7, 11) is 0. The summed E-state index contributed by atoms with van der Waals surface area (Å²) < 4.78 is 7.55. The monoisotopic (exact) mass is 128 g/mol. The largest absolute Gasteiger partial charge is 0.368 e. The van der Waals surface area contributed by atoms with Crippen molar-refractivity contribution in [2.75, 3.05) is 26.3 Å². The van der Waals surface area contributed by atoms with Crippen LogP contribution in [0.25, 0.3) is 0 Å². The fourth-order valence-corrected chi connectivity index (χ4v) is 1.01. The molecule has 1 fully saturated rings. The Bertz CT molecular complexity index is 117. The van der Waals surface area contributed by atoms with Crippen molar-refractivity contribution in [3.05, 3.63) is 0 Å². The van der Waals surface area contributed by atoms with Gasteiger partial charge < -0.3 is 4.74 Å². The molecule has 1 aliphatic heterocycles. The van der Waals surface area contributed by atoms with Crippen molar-refractivity contribution in [1.29, 1.82) is 0 Å². The smallest absolute Gasteiger partial charge is 0.166 e. The third-order valence-electron chi connectivity index (χ3n) is 1.64. The van der Waals surface area contributed by atoms with Crippen molar-refractivity contribution in [3.8, 4) is 0 Å². The van der Waals surface area contributed by atoms with Crippen LogP contribution in [-0.2, 0) is 4.74 Å². The second-order valence-corrected chi connectivity index (χ2v) is 2.55. The van der Waals surface area contributed by atoms with E-state index in [0.717, 1.165) is 26.3 Å². The van der Waals surface area contributed by atoms with Gasteiger partial charge in [0.1, 0.15) is 18.9 Å². The number of hydrogen-bond acceptors (Lipinski definition) is 1. The van der Waals surface area contributed by atoms with E-state index in [1.165, 1.54) is 5.71 Å². The van der Waals surface area contributed by atoms with E-state index in [-0.39, 0.29) is 0 Å². The lowest BCUT2D eigenvalue weighted by atomic mass is 10.4. The Kier molecular flexibility index (Phi) is 2.22. The van der Waals surface area contributed by atoms with Crippen LogP contribution in [0.5, 0.6) is 0 Å². The first-order chi connectivity index (χ1) is 4.30. The summed E-state index contributed by atoms with van der Waals surface area (Å²) >= 11 is 0. The van der Waals surface area contributed by atoms with Crippen LogP contribution in [-0.4, -0.2) is 36.6 Å². The van der Waals surface area contributed by atoms with Crippen molar-refractivity contribution in [3.63, 3.8) is 0 Å². The highest BCUT2D eigenvalue weighted by molar-refractivity contribution is 5.73. The number of rotatable bonds is 0. The molecule has 0 bridgehead atoms. The average Bonchev–Trinajstić information content (AvgIpc) is 1.90. The summed E-state index contributed by atoms with van der Waals surface area (Å²) in [6.45, 7) is 8.22. The van der Waals surface area contributed by atoms with Gasteiger partial charge in [0.2, 0.25) is 0 Å². The fraction of sp³-hybridized carbons (Fsp3) is 0.857. The minimum atomic E-state index is 0.894. The highest BCUT2D eigenvalue weighted by Crippen LogP contribution is 1.89. The maximum absolute atomic E-state index is 5.19. The summed E-state index contributed by atoms with van der Waals surface area (Å²) in [5.41, 5.74) is 1.40. The van der Waals surface area contributed by atoms with Crippen molar-refractivity contribution in [1.82, 2.24) is 0 Å². The summed E-state index contributed by atoms with van der Waals surface area (Å²) in [6, 6.07) is 0. The molecule has 0 aromatic heterocycles. The van der Waals surface area contributed by atoms with Crippen LogP contribution in [0.3, 0.4) is 0 Å². The van der Waals surface area contributed by atoms with Gasteiger partial charge in [-0.3, -0.25) is 0 Å². The van der Waals surface area contributed by atoms with E-state index in [9.17, 15) is 0 Å². The second-order valence-electron chi connectivity index (χ2n) is 2.55. The molecular formula is C7H14NO+. The molecule has 1 rings (SSSR count). The molecule has 1 aliphatic rings. The highest BCUT2D eigenvalue weighted by Gasteiger charge is 2.11. The Morgan fingerprint density at radius 3 is 2.11 bits per heavy atom. The minimum absolute atomic E-state index is 0.894. The van der Waals surface area contributed by atoms with Crippen LogP contribution in [0.2, 0.25) is 0 Å². The van der Waals surface area contributed by atoms with E-state index in [0.29, 0.717) is 0 Å². The van der Waals surface area contributed by atoms with Crippen molar-refractivity contribution >= 4 is 5.71 Å². The van der Waals surface area contributed by atoms with Crippen molar-refractivity contribution < 1.29 is 9.31 Å². The maximum Gasteiger partial charge on any atom is 0.166 e. The zero-order chi connectivity index (χ0) is 6.69. The van der Waals surface area contributed by atoms with E-state index in [4.69, 9.17) is 4.74 Å². The Labute approximate surface area is 56.1 Å². The van der Waals surface area contributed by atoms with Crippen LogP contribution >= 0.6 is 0 Å².